The first-order valence-electron chi connectivity index (χ1n) is 5.09. The highest BCUT2D eigenvalue weighted by molar-refractivity contribution is 7.98. The molecule has 4 heteroatoms. The Hall–Kier alpha value is 0.110. The number of carbonyl (C=O) groups is 1. The average molecular weight is 238 g/mol. The largest absolute Gasteiger partial charge is 0.341 e. The van der Waals surface area contributed by atoms with Gasteiger partial charge in [-0.15, -0.1) is 11.6 Å². The summed E-state index contributed by atoms with van der Waals surface area (Å²) in [6.45, 7) is 3.68. The Morgan fingerprint density at radius 2 is 2.14 bits per heavy atom. The maximum Gasteiger partial charge on any atom is 0.223 e. The molecule has 0 aliphatic heterocycles. The molecule has 84 valence electrons. The number of rotatable bonds is 8. The van der Waals surface area contributed by atoms with Crippen LogP contribution in [0.4, 0.5) is 0 Å². The Bertz CT molecular complexity index is 155. The van der Waals surface area contributed by atoms with Gasteiger partial charge in [-0.05, 0) is 12.7 Å². The van der Waals surface area contributed by atoms with E-state index in [1.807, 2.05) is 11.2 Å². The van der Waals surface area contributed by atoms with Crippen LogP contribution in [0.2, 0.25) is 0 Å². The van der Waals surface area contributed by atoms with Crippen molar-refractivity contribution in [2.75, 3.05) is 31.0 Å². The summed E-state index contributed by atoms with van der Waals surface area (Å²) >= 11 is 7.36. The van der Waals surface area contributed by atoms with E-state index in [9.17, 15) is 4.79 Å². The van der Waals surface area contributed by atoms with Gasteiger partial charge in [0.2, 0.25) is 5.91 Å². The fraction of sp³-hybridized carbons (Fsp3) is 0.900. The minimum atomic E-state index is 0.244. The van der Waals surface area contributed by atoms with E-state index in [2.05, 4.69) is 6.92 Å². The molecular weight excluding hydrogens is 218 g/mol. The van der Waals surface area contributed by atoms with Crippen LogP contribution >= 0.6 is 23.4 Å². The molecule has 0 atom stereocenters. The number of unbranched alkanes of at least 4 members (excludes halogenated alkanes) is 1. The zero-order chi connectivity index (χ0) is 10.8. The standard InChI is InChI=1S/C10H20ClNOS/c1-3-4-7-12(8-6-11)10(13)5-9-14-2/h3-9H2,1-2H3. The topological polar surface area (TPSA) is 20.3 Å². The Balaban J connectivity index is 3.84. The monoisotopic (exact) mass is 237 g/mol. The van der Waals surface area contributed by atoms with Crippen LogP contribution in [0, 0.1) is 0 Å². The molecule has 0 rings (SSSR count). The molecular formula is C10H20ClNOS. The van der Waals surface area contributed by atoms with Crippen molar-refractivity contribution in [1.82, 2.24) is 4.90 Å². The molecule has 0 N–H and O–H groups in total. The quantitative estimate of drug-likeness (QED) is 0.605. The van der Waals surface area contributed by atoms with Crippen molar-refractivity contribution in [1.29, 1.82) is 0 Å². The van der Waals surface area contributed by atoms with Crippen molar-refractivity contribution in [3.8, 4) is 0 Å². The number of alkyl halides is 1. The predicted octanol–water partition coefficient (Wildman–Crippen LogP) is 2.61. The van der Waals surface area contributed by atoms with Gasteiger partial charge in [0.25, 0.3) is 0 Å². The first kappa shape index (κ1) is 14.1. The third-order valence-electron chi connectivity index (χ3n) is 2.01. The maximum absolute atomic E-state index is 11.7. The van der Waals surface area contributed by atoms with E-state index >= 15 is 0 Å². The van der Waals surface area contributed by atoms with Gasteiger partial charge < -0.3 is 4.90 Å². The van der Waals surface area contributed by atoms with E-state index < -0.39 is 0 Å². The lowest BCUT2D eigenvalue weighted by Crippen LogP contribution is -2.33. The molecule has 0 bridgehead atoms. The zero-order valence-electron chi connectivity index (χ0n) is 9.09. The number of nitrogens with zero attached hydrogens (tertiary/aromatic N) is 1. The first-order chi connectivity index (χ1) is 6.76. The van der Waals surface area contributed by atoms with E-state index in [1.165, 1.54) is 0 Å². The molecule has 0 heterocycles. The molecule has 0 unspecified atom stereocenters. The van der Waals surface area contributed by atoms with Crippen LogP contribution in [0.25, 0.3) is 0 Å². The summed E-state index contributed by atoms with van der Waals surface area (Å²) in [6, 6.07) is 0. The van der Waals surface area contributed by atoms with Gasteiger partial charge in [0.15, 0.2) is 0 Å². The fourth-order valence-corrected chi connectivity index (χ4v) is 1.74. The van der Waals surface area contributed by atoms with Crippen molar-refractivity contribution in [2.24, 2.45) is 0 Å². The van der Waals surface area contributed by atoms with E-state index in [1.54, 1.807) is 11.8 Å². The van der Waals surface area contributed by atoms with Gasteiger partial charge in [-0.25, -0.2) is 0 Å². The lowest BCUT2D eigenvalue weighted by Gasteiger charge is -2.21. The number of halogens is 1. The smallest absolute Gasteiger partial charge is 0.223 e. The molecule has 2 nitrogen and oxygen atoms in total. The highest BCUT2D eigenvalue weighted by Gasteiger charge is 2.11. The average Bonchev–Trinajstić information content (AvgIpc) is 2.20. The summed E-state index contributed by atoms with van der Waals surface area (Å²) < 4.78 is 0. The molecule has 0 aromatic carbocycles. The number of carbonyl (C=O) groups excluding carboxylic acids is 1. The molecule has 0 spiro atoms. The van der Waals surface area contributed by atoms with Gasteiger partial charge >= 0.3 is 0 Å². The molecule has 0 fully saturated rings. The number of hydrogen-bond acceptors (Lipinski definition) is 2. The molecule has 0 saturated carbocycles. The van der Waals surface area contributed by atoms with E-state index in [0.717, 1.165) is 25.1 Å². The third kappa shape index (κ3) is 6.55. The number of hydrogen-bond donors (Lipinski definition) is 0. The van der Waals surface area contributed by atoms with Crippen molar-refractivity contribution < 1.29 is 4.79 Å². The van der Waals surface area contributed by atoms with Gasteiger partial charge in [0.1, 0.15) is 0 Å². The molecule has 14 heavy (non-hydrogen) atoms. The van der Waals surface area contributed by atoms with Gasteiger partial charge in [0, 0.05) is 31.1 Å². The maximum atomic E-state index is 11.7. The fourth-order valence-electron chi connectivity index (χ4n) is 1.16. The van der Waals surface area contributed by atoms with E-state index in [4.69, 9.17) is 11.6 Å². The minimum Gasteiger partial charge on any atom is -0.341 e. The second kappa shape index (κ2) is 9.66. The van der Waals surface area contributed by atoms with Crippen LogP contribution in [0.15, 0.2) is 0 Å². The Kier molecular flexibility index (Phi) is 9.73. The van der Waals surface area contributed by atoms with Crippen LogP contribution in [-0.4, -0.2) is 41.8 Å². The van der Waals surface area contributed by atoms with Crippen LogP contribution in [0.1, 0.15) is 26.2 Å². The van der Waals surface area contributed by atoms with Gasteiger partial charge in [0.05, 0.1) is 0 Å². The normalized spacial score (nSPS) is 10.2. The number of amides is 1. The molecule has 0 aromatic rings. The summed E-state index contributed by atoms with van der Waals surface area (Å²) in [5.41, 5.74) is 0. The lowest BCUT2D eigenvalue weighted by molar-refractivity contribution is -0.130. The van der Waals surface area contributed by atoms with E-state index in [-0.39, 0.29) is 5.91 Å². The molecule has 0 aliphatic carbocycles. The van der Waals surface area contributed by atoms with Gasteiger partial charge in [-0.2, -0.15) is 11.8 Å². The van der Waals surface area contributed by atoms with Crippen molar-refractivity contribution in [3.63, 3.8) is 0 Å². The van der Waals surface area contributed by atoms with Gasteiger partial charge in [-0.3, -0.25) is 4.79 Å². The molecule has 0 saturated heterocycles. The van der Waals surface area contributed by atoms with Crippen molar-refractivity contribution in [3.05, 3.63) is 0 Å². The minimum absolute atomic E-state index is 0.244. The van der Waals surface area contributed by atoms with Crippen molar-refractivity contribution in [2.45, 2.75) is 26.2 Å². The second-order valence-electron chi connectivity index (χ2n) is 3.17. The van der Waals surface area contributed by atoms with Crippen LogP contribution < -0.4 is 0 Å². The highest BCUT2D eigenvalue weighted by Crippen LogP contribution is 2.03. The molecule has 0 radical (unpaired) electrons. The second-order valence-corrected chi connectivity index (χ2v) is 4.53. The summed E-state index contributed by atoms with van der Waals surface area (Å²) in [7, 11) is 0. The molecule has 1 amide bonds. The summed E-state index contributed by atoms with van der Waals surface area (Å²) in [4.78, 5) is 13.5. The Morgan fingerprint density at radius 1 is 1.43 bits per heavy atom. The lowest BCUT2D eigenvalue weighted by atomic mass is 10.3. The van der Waals surface area contributed by atoms with E-state index in [0.29, 0.717) is 18.8 Å². The predicted molar refractivity (Wildman–Crippen MR) is 65.2 cm³/mol. The molecule has 0 aromatic heterocycles. The summed E-state index contributed by atoms with van der Waals surface area (Å²) in [5.74, 6) is 1.69. The van der Waals surface area contributed by atoms with Crippen LogP contribution in [0.5, 0.6) is 0 Å². The number of thioether (sulfide) groups is 1. The zero-order valence-corrected chi connectivity index (χ0v) is 10.7. The van der Waals surface area contributed by atoms with Crippen molar-refractivity contribution >= 4 is 29.3 Å². The Labute approximate surface area is 96.4 Å². The van der Waals surface area contributed by atoms with Crippen LogP contribution in [0.3, 0.4) is 0 Å². The highest BCUT2D eigenvalue weighted by atomic mass is 35.5. The Morgan fingerprint density at radius 3 is 2.64 bits per heavy atom. The SMILES string of the molecule is CCCCN(CCCl)C(=O)CCSC. The summed E-state index contributed by atoms with van der Waals surface area (Å²) in [6.07, 6.45) is 4.85. The summed E-state index contributed by atoms with van der Waals surface area (Å²) in [5, 5.41) is 0. The first-order valence-corrected chi connectivity index (χ1v) is 7.01. The molecule has 0 aliphatic rings. The van der Waals surface area contributed by atoms with Crippen LogP contribution in [-0.2, 0) is 4.79 Å². The third-order valence-corrected chi connectivity index (χ3v) is 2.79. The van der Waals surface area contributed by atoms with Gasteiger partial charge in [-0.1, -0.05) is 13.3 Å².